The van der Waals surface area contributed by atoms with Gasteiger partial charge < -0.3 is 10.2 Å². The van der Waals surface area contributed by atoms with E-state index in [0.29, 0.717) is 17.9 Å². The van der Waals surface area contributed by atoms with Crippen LogP contribution in [0.3, 0.4) is 0 Å². The Morgan fingerprint density at radius 3 is 2.61 bits per heavy atom. The highest BCUT2D eigenvalue weighted by atomic mass is 32.2. The third-order valence-electron chi connectivity index (χ3n) is 4.04. The van der Waals surface area contributed by atoms with Gasteiger partial charge in [0.2, 0.25) is 5.95 Å². The lowest BCUT2D eigenvalue weighted by Crippen LogP contribution is -2.37. The second-order valence-corrected chi connectivity index (χ2v) is 8.13. The van der Waals surface area contributed by atoms with Crippen LogP contribution in [0, 0.1) is 0 Å². The summed E-state index contributed by atoms with van der Waals surface area (Å²) in [6.45, 7) is 2.95. The SMILES string of the molecule is CCCCCNc1ncc(C(=O)N(C)C2CCS(=O)(=O)C2)cn1. The van der Waals surface area contributed by atoms with Gasteiger partial charge in [0.05, 0.1) is 17.1 Å². The maximum absolute atomic E-state index is 12.4. The zero-order chi connectivity index (χ0) is 16.9. The lowest BCUT2D eigenvalue weighted by molar-refractivity contribution is 0.0747. The molecule has 1 atom stereocenters. The van der Waals surface area contributed by atoms with E-state index in [0.717, 1.165) is 25.8 Å². The van der Waals surface area contributed by atoms with Gasteiger partial charge in [-0.25, -0.2) is 18.4 Å². The minimum absolute atomic E-state index is 0.0349. The standard InChI is InChI=1S/C15H24N4O3S/c1-3-4-5-7-16-15-17-9-12(10-18-15)14(20)19(2)13-6-8-23(21,22)11-13/h9-10,13H,3-8,11H2,1-2H3,(H,16,17,18). The van der Waals surface area contributed by atoms with Crippen LogP contribution in [0.2, 0.25) is 0 Å². The second kappa shape index (κ2) is 7.72. The maximum atomic E-state index is 12.4. The summed E-state index contributed by atoms with van der Waals surface area (Å²) in [5.41, 5.74) is 0.371. The number of sulfone groups is 1. The van der Waals surface area contributed by atoms with Crippen molar-refractivity contribution < 1.29 is 13.2 Å². The highest BCUT2D eigenvalue weighted by Gasteiger charge is 2.33. The number of amides is 1. The molecule has 1 fully saturated rings. The van der Waals surface area contributed by atoms with Crippen molar-refractivity contribution in [2.24, 2.45) is 0 Å². The number of nitrogens with zero attached hydrogens (tertiary/aromatic N) is 3. The molecule has 8 heteroatoms. The van der Waals surface area contributed by atoms with Gasteiger partial charge in [-0.2, -0.15) is 0 Å². The molecule has 2 heterocycles. The normalized spacial score (nSPS) is 19.5. The summed E-state index contributed by atoms with van der Waals surface area (Å²) in [5, 5.41) is 3.11. The highest BCUT2D eigenvalue weighted by molar-refractivity contribution is 7.91. The summed E-state index contributed by atoms with van der Waals surface area (Å²) < 4.78 is 23.1. The van der Waals surface area contributed by atoms with E-state index < -0.39 is 9.84 Å². The fraction of sp³-hybridized carbons (Fsp3) is 0.667. The van der Waals surface area contributed by atoms with Crippen molar-refractivity contribution in [1.82, 2.24) is 14.9 Å². The van der Waals surface area contributed by atoms with E-state index in [1.165, 1.54) is 17.3 Å². The van der Waals surface area contributed by atoms with Crippen LogP contribution in [-0.2, 0) is 9.84 Å². The maximum Gasteiger partial charge on any atom is 0.257 e. The average Bonchev–Trinajstić information content (AvgIpc) is 2.91. The van der Waals surface area contributed by atoms with Crippen molar-refractivity contribution in [2.75, 3.05) is 30.4 Å². The first-order valence-electron chi connectivity index (χ1n) is 7.96. The van der Waals surface area contributed by atoms with E-state index in [4.69, 9.17) is 0 Å². The van der Waals surface area contributed by atoms with Gasteiger partial charge >= 0.3 is 0 Å². The number of nitrogens with one attached hydrogen (secondary N) is 1. The molecule has 128 valence electrons. The van der Waals surface area contributed by atoms with Gasteiger partial charge in [0.1, 0.15) is 0 Å². The van der Waals surface area contributed by atoms with Crippen molar-refractivity contribution in [3.8, 4) is 0 Å². The Labute approximate surface area is 137 Å². The summed E-state index contributed by atoms with van der Waals surface area (Å²) in [6.07, 6.45) is 6.81. The van der Waals surface area contributed by atoms with Gasteiger partial charge in [0, 0.05) is 32.0 Å². The molecule has 1 aliphatic rings. The van der Waals surface area contributed by atoms with Crippen molar-refractivity contribution in [3.05, 3.63) is 18.0 Å². The van der Waals surface area contributed by atoms with Gasteiger partial charge in [-0.3, -0.25) is 4.79 Å². The number of unbranched alkanes of at least 4 members (excludes halogenated alkanes) is 2. The van der Waals surface area contributed by atoms with E-state index in [2.05, 4.69) is 22.2 Å². The number of carbonyl (C=O) groups is 1. The smallest absolute Gasteiger partial charge is 0.257 e. The average molecular weight is 340 g/mol. The highest BCUT2D eigenvalue weighted by Crippen LogP contribution is 2.18. The van der Waals surface area contributed by atoms with Gasteiger partial charge in [-0.05, 0) is 12.8 Å². The molecule has 1 amide bonds. The molecule has 0 radical (unpaired) electrons. The summed E-state index contributed by atoms with van der Waals surface area (Å²) in [7, 11) is -1.38. The number of aromatic nitrogens is 2. The van der Waals surface area contributed by atoms with Gasteiger partial charge in [0.25, 0.3) is 5.91 Å². The van der Waals surface area contributed by atoms with Crippen molar-refractivity contribution >= 4 is 21.7 Å². The van der Waals surface area contributed by atoms with E-state index in [1.807, 2.05) is 0 Å². The molecule has 0 bridgehead atoms. The predicted molar refractivity (Wildman–Crippen MR) is 89.2 cm³/mol. The van der Waals surface area contributed by atoms with E-state index in [1.54, 1.807) is 7.05 Å². The van der Waals surface area contributed by atoms with E-state index >= 15 is 0 Å². The first-order valence-corrected chi connectivity index (χ1v) is 9.78. The molecule has 2 rings (SSSR count). The fourth-order valence-corrected chi connectivity index (χ4v) is 4.33. The monoisotopic (exact) mass is 340 g/mol. The Morgan fingerprint density at radius 2 is 2.04 bits per heavy atom. The summed E-state index contributed by atoms with van der Waals surface area (Å²) in [6, 6.07) is -0.264. The molecule has 1 aromatic heterocycles. The van der Waals surface area contributed by atoms with Crippen LogP contribution in [0.1, 0.15) is 43.0 Å². The van der Waals surface area contributed by atoms with Gasteiger partial charge in [-0.1, -0.05) is 19.8 Å². The Bertz CT molecular complexity index is 631. The molecule has 1 aliphatic heterocycles. The largest absolute Gasteiger partial charge is 0.354 e. The van der Waals surface area contributed by atoms with Crippen molar-refractivity contribution in [2.45, 2.75) is 38.6 Å². The van der Waals surface area contributed by atoms with Crippen LogP contribution >= 0.6 is 0 Å². The number of carbonyl (C=O) groups excluding carboxylic acids is 1. The Balaban J connectivity index is 1.92. The third kappa shape index (κ3) is 4.89. The molecule has 1 unspecified atom stereocenters. The van der Waals surface area contributed by atoms with Gasteiger partial charge in [-0.15, -0.1) is 0 Å². The fourth-order valence-electron chi connectivity index (χ4n) is 2.56. The molecule has 1 aromatic rings. The molecule has 7 nitrogen and oxygen atoms in total. The summed E-state index contributed by atoms with van der Waals surface area (Å²) in [5.74, 6) is 0.438. The van der Waals surface area contributed by atoms with E-state index in [-0.39, 0.29) is 23.5 Å². The van der Waals surface area contributed by atoms with Crippen molar-refractivity contribution in [1.29, 1.82) is 0 Å². The summed E-state index contributed by atoms with van der Waals surface area (Å²) in [4.78, 5) is 22.2. The van der Waals surface area contributed by atoms with Crippen LogP contribution < -0.4 is 5.32 Å². The number of hydrogen-bond acceptors (Lipinski definition) is 6. The molecule has 1 saturated heterocycles. The van der Waals surface area contributed by atoms with Crippen LogP contribution in [0.4, 0.5) is 5.95 Å². The second-order valence-electron chi connectivity index (χ2n) is 5.90. The minimum atomic E-state index is -3.01. The van der Waals surface area contributed by atoms with Crippen molar-refractivity contribution in [3.63, 3.8) is 0 Å². The first kappa shape index (κ1) is 17.7. The third-order valence-corrected chi connectivity index (χ3v) is 5.79. The van der Waals surface area contributed by atoms with Crippen LogP contribution in [-0.4, -0.2) is 60.3 Å². The van der Waals surface area contributed by atoms with Crippen LogP contribution in [0.5, 0.6) is 0 Å². The molecule has 0 saturated carbocycles. The Morgan fingerprint density at radius 1 is 1.35 bits per heavy atom. The van der Waals surface area contributed by atoms with E-state index in [9.17, 15) is 13.2 Å². The first-order chi connectivity index (χ1) is 10.9. The molecule has 0 aliphatic carbocycles. The number of hydrogen-bond donors (Lipinski definition) is 1. The molecule has 0 spiro atoms. The zero-order valence-corrected chi connectivity index (χ0v) is 14.5. The number of rotatable bonds is 7. The molecule has 1 N–H and O–H groups in total. The van der Waals surface area contributed by atoms with Crippen LogP contribution in [0.15, 0.2) is 12.4 Å². The quantitative estimate of drug-likeness (QED) is 0.753. The predicted octanol–water partition coefficient (Wildman–Crippen LogP) is 1.34. The zero-order valence-electron chi connectivity index (χ0n) is 13.7. The van der Waals surface area contributed by atoms with Gasteiger partial charge in [0.15, 0.2) is 9.84 Å². The number of anilines is 1. The summed E-state index contributed by atoms with van der Waals surface area (Å²) >= 11 is 0. The molecular weight excluding hydrogens is 316 g/mol. The Kier molecular flexibility index (Phi) is 5.92. The lowest BCUT2D eigenvalue weighted by Gasteiger charge is -2.23. The Hall–Kier alpha value is -1.70. The lowest BCUT2D eigenvalue weighted by atomic mass is 10.2. The van der Waals surface area contributed by atoms with Crippen LogP contribution in [0.25, 0.3) is 0 Å². The molecule has 23 heavy (non-hydrogen) atoms. The topological polar surface area (TPSA) is 92.3 Å². The minimum Gasteiger partial charge on any atom is -0.354 e. The molecule has 0 aromatic carbocycles. The molecular formula is C15H24N4O3S.